The van der Waals surface area contributed by atoms with Gasteiger partial charge in [0.1, 0.15) is 0 Å². The van der Waals surface area contributed by atoms with E-state index in [1.165, 1.54) is 22.8 Å². The maximum atomic E-state index is 6.10. The summed E-state index contributed by atoms with van der Waals surface area (Å²) in [5.74, 6) is 3.88. The Morgan fingerprint density at radius 1 is 1.31 bits per heavy atom. The predicted molar refractivity (Wildman–Crippen MR) is 76.7 cm³/mol. The highest BCUT2D eigenvalue weighted by atomic mass is 35.5. The quantitative estimate of drug-likeness (QED) is 0.904. The average molecular weight is 274 g/mol. The molecule has 0 saturated carbocycles. The van der Waals surface area contributed by atoms with Crippen LogP contribution in [0.4, 0.5) is 0 Å². The number of hydrogen-bond acceptors (Lipinski definition) is 3. The molecule has 1 aliphatic rings. The van der Waals surface area contributed by atoms with Crippen LogP contribution in [0.5, 0.6) is 0 Å². The second-order valence-corrected chi connectivity index (χ2v) is 6.76. The summed E-state index contributed by atoms with van der Waals surface area (Å²) in [4.78, 5) is 0. The Morgan fingerprint density at radius 2 is 2.19 bits per heavy atom. The van der Waals surface area contributed by atoms with Gasteiger partial charge in [0.05, 0.1) is 0 Å². The molecule has 1 atom stereocenters. The van der Waals surface area contributed by atoms with E-state index in [1.54, 1.807) is 0 Å². The standard InChI is InChI=1S/C12H16ClNS2/c13-12-4-2-1-3-10(12)7-14-8-11-9-15-5-6-16-11/h1-4,11,14H,5-9H2. The summed E-state index contributed by atoms with van der Waals surface area (Å²) in [5, 5.41) is 5.12. The van der Waals surface area contributed by atoms with Gasteiger partial charge in [0.15, 0.2) is 0 Å². The number of hydrogen-bond donors (Lipinski definition) is 1. The first kappa shape index (κ1) is 12.6. The number of thioether (sulfide) groups is 2. The van der Waals surface area contributed by atoms with Crippen molar-refractivity contribution >= 4 is 35.1 Å². The van der Waals surface area contributed by atoms with Crippen molar-refractivity contribution in [2.24, 2.45) is 0 Å². The molecule has 1 aromatic carbocycles. The molecule has 0 spiro atoms. The minimum absolute atomic E-state index is 0.765. The van der Waals surface area contributed by atoms with Gasteiger partial charge in [-0.1, -0.05) is 29.8 Å². The van der Waals surface area contributed by atoms with Gasteiger partial charge in [-0.05, 0) is 11.6 Å². The zero-order valence-corrected chi connectivity index (χ0v) is 11.5. The summed E-state index contributed by atoms with van der Waals surface area (Å²) in [7, 11) is 0. The third-order valence-electron chi connectivity index (χ3n) is 2.53. The lowest BCUT2D eigenvalue weighted by Crippen LogP contribution is -2.28. The summed E-state index contributed by atoms with van der Waals surface area (Å²) < 4.78 is 0. The number of rotatable bonds is 4. The number of nitrogens with one attached hydrogen (secondary N) is 1. The van der Waals surface area contributed by atoms with E-state index in [4.69, 9.17) is 11.6 Å². The maximum absolute atomic E-state index is 6.10. The molecular formula is C12H16ClNS2. The Labute approximate surface area is 111 Å². The first-order valence-electron chi connectivity index (χ1n) is 5.50. The van der Waals surface area contributed by atoms with Gasteiger partial charge in [0.25, 0.3) is 0 Å². The van der Waals surface area contributed by atoms with Gasteiger partial charge >= 0.3 is 0 Å². The lowest BCUT2D eigenvalue weighted by Gasteiger charge is -2.21. The molecule has 4 heteroatoms. The molecule has 88 valence electrons. The fourth-order valence-corrected chi connectivity index (χ4v) is 4.51. The van der Waals surface area contributed by atoms with Crippen molar-refractivity contribution in [2.75, 3.05) is 23.8 Å². The average Bonchev–Trinajstić information content (AvgIpc) is 2.33. The van der Waals surface area contributed by atoms with E-state index in [1.807, 2.05) is 18.2 Å². The largest absolute Gasteiger partial charge is 0.311 e. The molecule has 1 heterocycles. The minimum Gasteiger partial charge on any atom is -0.311 e. The SMILES string of the molecule is Clc1ccccc1CNCC1CSCCS1. The van der Waals surface area contributed by atoms with Crippen molar-refractivity contribution < 1.29 is 0 Å². The predicted octanol–water partition coefficient (Wildman–Crippen LogP) is 3.28. The van der Waals surface area contributed by atoms with Crippen LogP contribution in [0, 0.1) is 0 Å². The van der Waals surface area contributed by atoms with Crippen molar-refractivity contribution in [3.05, 3.63) is 34.9 Å². The first-order chi connectivity index (χ1) is 7.86. The third kappa shape index (κ3) is 3.88. The molecule has 2 rings (SSSR count). The normalized spacial score (nSPS) is 20.9. The zero-order chi connectivity index (χ0) is 11.2. The molecule has 1 saturated heterocycles. The Balaban J connectivity index is 1.73. The molecule has 0 radical (unpaired) electrons. The first-order valence-corrected chi connectivity index (χ1v) is 8.08. The van der Waals surface area contributed by atoms with E-state index >= 15 is 0 Å². The minimum atomic E-state index is 0.765. The maximum Gasteiger partial charge on any atom is 0.0450 e. The highest BCUT2D eigenvalue weighted by molar-refractivity contribution is 8.06. The van der Waals surface area contributed by atoms with E-state index in [0.29, 0.717) is 0 Å². The highest BCUT2D eigenvalue weighted by Gasteiger charge is 2.13. The smallest absolute Gasteiger partial charge is 0.0450 e. The van der Waals surface area contributed by atoms with Crippen LogP contribution in [-0.4, -0.2) is 29.1 Å². The lowest BCUT2D eigenvalue weighted by atomic mass is 10.2. The summed E-state index contributed by atoms with van der Waals surface area (Å²) >= 11 is 10.2. The fourth-order valence-electron chi connectivity index (χ4n) is 1.66. The Bertz CT molecular complexity index is 327. The van der Waals surface area contributed by atoms with Gasteiger partial charge in [-0.2, -0.15) is 23.5 Å². The summed E-state index contributed by atoms with van der Waals surface area (Å²) in [6.07, 6.45) is 0. The van der Waals surface area contributed by atoms with Gasteiger partial charge in [-0.3, -0.25) is 0 Å². The second kappa shape index (κ2) is 6.80. The van der Waals surface area contributed by atoms with Crippen molar-refractivity contribution in [1.82, 2.24) is 5.32 Å². The topological polar surface area (TPSA) is 12.0 Å². The van der Waals surface area contributed by atoms with Crippen LogP contribution in [0.15, 0.2) is 24.3 Å². The fraction of sp³-hybridized carbons (Fsp3) is 0.500. The lowest BCUT2D eigenvalue weighted by molar-refractivity contribution is 0.686. The Kier molecular flexibility index (Phi) is 5.36. The van der Waals surface area contributed by atoms with Gasteiger partial charge in [-0.25, -0.2) is 0 Å². The van der Waals surface area contributed by atoms with Crippen LogP contribution < -0.4 is 5.32 Å². The van der Waals surface area contributed by atoms with Crippen molar-refractivity contribution in [3.8, 4) is 0 Å². The Hall–Kier alpha value is 0.170. The summed E-state index contributed by atoms with van der Waals surface area (Å²) in [6, 6.07) is 8.04. The van der Waals surface area contributed by atoms with Crippen LogP contribution in [0.1, 0.15) is 5.56 Å². The molecule has 1 fully saturated rings. The molecule has 1 aliphatic heterocycles. The third-order valence-corrected chi connectivity index (χ3v) is 5.74. The van der Waals surface area contributed by atoms with Crippen molar-refractivity contribution in [2.45, 2.75) is 11.8 Å². The van der Waals surface area contributed by atoms with Gasteiger partial charge in [0, 0.05) is 40.6 Å². The molecule has 0 bridgehead atoms. The van der Waals surface area contributed by atoms with Crippen LogP contribution in [0.25, 0.3) is 0 Å². The molecule has 0 aromatic heterocycles. The van der Waals surface area contributed by atoms with Crippen molar-refractivity contribution in [3.63, 3.8) is 0 Å². The molecule has 1 N–H and O–H groups in total. The Morgan fingerprint density at radius 3 is 2.94 bits per heavy atom. The highest BCUT2D eigenvalue weighted by Crippen LogP contribution is 2.23. The van der Waals surface area contributed by atoms with E-state index in [0.717, 1.165) is 23.4 Å². The molecule has 1 nitrogen and oxygen atoms in total. The van der Waals surface area contributed by atoms with E-state index < -0.39 is 0 Å². The van der Waals surface area contributed by atoms with Gasteiger partial charge in [0.2, 0.25) is 0 Å². The summed E-state index contributed by atoms with van der Waals surface area (Å²) in [5.41, 5.74) is 1.19. The zero-order valence-electron chi connectivity index (χ0n) is 9.12. The van der Waals surface area contributed by atoms with Gasteiger partial charge < -0.3 is 5.32 Å². The van der Waals surface area contributed by atoms with Crippen LogP contribution in [0.3, 0.4) is 0 Å². The van der Waals surface area contributed by atoms with Crippen LogP contribution >= 0.6 is 35.1 Å². The number of halogens is 1. The monoisotopic (exact) mass is 273 g/mol. The van der Waals surface area contributed by atoms with E-state index in [2.05, 4.69) is 34.9 Å². The van der Waals surface area contributed by atoms with Crippen LogP contribution in [-0.2, 0) is 6.54 Å². The van der Waals surface area contributed by atoms with Gasteiger partial charge in [-0.15, -0.1) is 0 Å². The van der Waals surface area contributed by atoms with E-state index in [-0.39, 0.29) is 0 Å². The van der Waals surface area contributed by atoms with E-state index in [9.17, 15) is 0 Å². The number of benzene rings is 1. The molecule has 1 unspecified atom stereocenters. The molecule has 16 heavy (non-hydrogen) atoms. The molecule has 0 aliphatic carbocycles. The molecule has 1 aromatic rings. The van der Waals surface area contributed by atoms with Crippen LogP contribution in [0.2, 0.25) is 5.02 Å². The van der Waals surface area contributed by atoms with Crippen molar-refractivity contribution in [1.29, 1.82) is 0 Å². The molecular weight excluding hydrogens is 258 g/mol. The summed E-state index contributed by atoms with van der Waals surface area (Å²) in [6.45, 7) is 1.96. The molecule has 0 amide bonds. The second-order valence-electron chi connectivity index (χ2n) is 3.79.